The average molecular weight is 655 g/mol. The lowest BCUT2D eigenvalue weighted by atomic mass is 9.72. The van der Waals surface area contributed by atoms with E-state index in [0.717, 1.165) is 28.0 Å². The number of nitrogens with two attached hydrogens (primary N) is 1. The Morgan fingerprint density at radius 2 is 1.90 bits per heavy atom. The van der Waals surface area contributed by atoms with Gasteiger partial charge in [0.2, 0.25) is 0 Å². The van der Waals surface area contributed by atoms with Crippen LogP contribution in [0.25, 0.3) is 0 Å². The van der Waals surface area contributed by atoms with Gasteiger partial charge in [0.05, 0.1) is 23.2 Å². The van der Waals surface area contributed by atoms with E-state index in [0.29, 0.717) is 23.7 Å². The summed E-state index contributed by atoms with van der Waals surface area (Å²) in [5.74, 6) is -0.372. The number of amides is 2. The van der Waals surface area contributed by atoms with Gasteiger partial charge in [0.25, 0.3) is 11.8 Å². The summed E-state index contributed by atoms with van der Waals surface area (Å²) in [6.45, 7) is 6.52. The van der Waals surface area contributed by atoms with Crippen molar-refractivity contribution in [2.24, 2.45) is 17.1 Å². The number of fused-ring (bicyclic) bond motifs is 2. The molecule has 0 saturated heterocycles. The summed E-state index contributed by atoms with van der Waals surface area (Å²) in [4.78, 5) is 26.9. The second kappa shape index (κ2) is 10.6. The number of ether oxygens (including phenoxy) is 1. The van der Waals surface area contributed by atoms with Crippen molar-refractivity contribution in [2.75, 3.05) is 17.7 Å². The van der Waals surface area contributed by atoms with Crippen molar-refractivity contribution in [3.05, 3.63) is 56.0 Å². The summed E-state index contributed by atoms with van der Waals surface area (Å²) in [5, 5.41) is 10.2. The molecule has 0 saturated carbocycles. The third-order valence-corrected chi connectivity index (χ3v) is 9.91. The molecule has 2 aromatic heterocycles. The summed E-state index contributed by atoms with van der Waals surface area (Å²) >= 11 is 4.61. The third-order valence-electron chi connectivity index (χ3n) is 7.99. The number of rotatable bonds is 5. The molecule has 4 N–H and O–H groups in total. The first kappa shape index (κ1) is 29.4. The van der Waals surface area contributed by atoms with Crippen LogP contribution < -0.4 is 21.1 Å². The molecule has 8 nitrogen and oxygen atoms in total. The van der Waals surface area contributed by atoms with Crippen LogP contribution in [0, 0.1) is 11.3 Å². The molecule has 5 rings (SSSR count). The van der Waals surface area contributed by atoms with Crippen molar-refractivity contribution < 1.29 is 27.5 Å². The average Bonchev–Trinajstić information content (AvgIpc) is 3.43. The van der Waals surface area contributed by atoms with E-state index in [1.54, 1.807) is 24.3 Å². The van der Waals surface area contributed by atoms with E-state index in [9.17, 15) is 22.8 Å². The first-order valence-electron chi connectivity index (χ1n) is 13.2. The Kier molecular flexibility index (Phi) is 7.64. The van der Waals surface area contributed by atoms with Crippen molar-refractivity contribution in [1.29, 1.82) is 0 Å². The summed E-state index contributed by atoms with van der Waals surface area (Å²) in [7, 11) is 1.51. The van der Waals surface area contributed by atoms with Gasteiger partial charge in [-0.25, -0.2) is 4.68 Å². The Morgan fingerprint density at radius 1 is 1.22 bits per heavy atom. The number of carbonyl (C=O) groups excluding carboxylic acids is 2. The summed E-state index contributed by atoms with van der Waals surface area (Å²) in [6.07, 6.45) is -2.63. The Morgan fingerprint density at radius 3 is 2.49 bits per heavy atom. The van der Waals surface area contributed by atoms with Gasteiger partial charge >= 0.3 is 6.18 Å². The third kappa shape index (κ3) is 5.57. The minimum Gasteiger partial charge on any atom is -0.497 e. The van der Waals surface area contributed by atoms with Crippen LogP contribution >= 0.6 is 27.3 Å². The molecule has 2 aliphatic rings. The molecule has 41 heavy (non-hydrogen) atoms. The number of hydrogen-bond donors (Lipinski definition) is 3. The van der Waals surface area contributed by atoms with Crippen LogP contribution in [0.1, 0.15) is 82.5 Å². The fourth-order valence-corrected chi connectivity index (χ4v) is 7.51. The van der Waals surface area contributed by atoms with Gasteiger partial charge in [0.15, 0.2) is 11.7 Å². The topological polar surface area (TPSA) is 111 Å². The standard InChI is InChI=1S/C28H31BrF3N5O3S/c1-27(2,3)14-7-10-16-18(11-14)41-26(20(16)23(33)38)35-25(39)22-21(29)24-34-17(13-5-8-15(40-4)9-6-13)12-19(28(30,31)32)37(24)36-22/h5-6,8-9,14,17,19,34H,7,10-12H2,1-4H3,(H2,33,38)(H,35,39)/t14-,17-,19-/m1/s1. The molecule has 0 bridgehead atoms. The number of hydrogen-bond acceptors (Lipinski definition) is 6. The molecule has 1 aliphatic heterocycles. The van der Waals surface area contributed by atoms with Crippen LogP contribution in [0.4, 0.5) is 24.0 Å². The molecular weight excluding hydrogens is 623 g/mol. The summed E-state index contributed by atoms with van der Waals surface area (Å²) < 4.78 is 48.8. The van der Waals surface area contributed by atoms with Gasteiger partial charge in [-0.3, -0.25) is 9.59 Å². The molecule has 1 aliphatic carbocycles. The van der Waals surface area contributed by atoms with E-state index in [-0.39, 0.29) is 38.4 Å². The molecule has 3 atom stereocenters. The van der Waals surface area contributed by atoms with Gasteiger partial charge < -0.3 is 21.1 Å². The van der Waals surface area contributed by atoms with Crippen molar-refractivity contribution in [1.82, 2.24) is 9.78 Å². The second-order valence-corrected chi connectivity index (χ2v) is 13.4. The Hall–Kier alpha value is -3.06. The number of alkyl halides is 3. The molecular formula is C28H31BrF3N5O3S. The number of carbonyl (C=O) groups is 2. The van der Waals surface area contributed by atoms with Crippen LogP contribution in [0.3, 0.4) is 0 Å². The normalized spacial score (nSPS) is 20.5. The molecule has 0 unspecified atom stereocenters. The van der Waals surface area contributed by atoms with Crippen molar-refractivity contribution in [2.45, 2.75) is 64.7 Å². The molecule has 13 heteroatoms. The lowest BCUT2D eigenvalue weighted by Crippen LogP contribution is -2.35. The number of benzene rings is 1. The first-order valence-corrected chi connectivity index (χ1v) is 14.8. The number of anilines is 2. The highest BCUT2D eigenvalue weighted by Gasteiger charge is 2.48. The predicted octanol–water partition coefficient (Wildman–Crippen LogP) is 6.88. The minimum atomic E-state index is -4.61. The number of primary amides is 1. The highest BCUT2D eigenvalue weighted by atomic mass is 79.9. The molecule has 220 valence electrons. The van der Waals surface area contributed by atoms with Gasteiger partial charge in [-0.05, 0) is 69.8 Å². The van der Waals surface area contributed by atoms with Crippen LogP contribution in [0.5, 0.6) is 5.75 Å². The van der Waals surface area contributed by atoms with Crippen LogP contribution in [0.15, 0.2) is 28.7 Å². The number of nitrogens with one attached hydrogen (secondary N) is 2. The monoisotopic (exact) mass is 653 g/mol. The maximum absolute atomic E-state index is 14.2. The Labute approximate surface area is 247 Å². The minimum absolute atomic E-state index is 0.0400. The predicted molar refractivity (Wildman–Crippen MR) is 155 cm³/mol. The largest absolute Gasteiger partial charge is 0.497 e. The highest BCUT2D eigenvalue weighted by molar-refractivity contribution is 9.10. The molecule has 3 aromatic rings. The fraction of sp³-hybridized carbons (Fsp3) is 0.464. The number of halogens is 4. The van der Waals surface area contributed by atoms with Crippen molar-refractivity contribution in [3.63, 3.8) is 0 Å². The summed E-state index contributed by atoms with van der Waals surface area (Å²) in [5.41, 5.74) is 7.30. The number of thiophene rings is 1. The molecule has 0 fully saturated rings. The van der Waals surface area contributed by atoms with E-state index in [4.69, 9.17) is 10.5 Å². The summed E-state index contributed by atoms with van der Waals surface area (Å²) in [6, 6.07) is 4.11. The fourth-order valence-electron chi connectivity index (χ4n) is 5.63. The highest BCUT2D eigenvalue weighted by Crippen LogP contribution is 2.47. The number of methoxy groups -OCH3 is 1. The van der Waals surface area contributed by atoms with Gasteiger partial charge in [-0.2, -0.15) is 18.3 Å². The molecule has 0 spiro atoms. The lowest BCUT2D eigenvalue weighted by Gasteiger charge is -2.33. The quantitative estimate of drug-likeness (QED) is 0.278. The Balaban J connectivity index is 1.47. The zero-order chi connectivity index (χ0) is 29.9. The van der Waals surface area contributed by atoms with Gasteiger partial charge in [-0.15, -0.1) is 11.3 Å². The van der Waals surface area contributed by atoms with Crippen molar-refractivity contribution >= 4 is 49.9 Å². The smallest absolute Gasteiger partial charge is 0.410 e. The van der Waals surface area contributed by atoms with Crippen LogP contribution in [-0.4, -0.2) is 34.9 Å². The van der Waals surface area contributed by atoms with Gasteiger partial charge in [-0.1, -0.05) is 32.9 Å². The van der Waals surface area contributed by atoms with E-state index < -0.39 is 30.1 Å². The first-order chi connectivity index (χ1) is 19.2. The van der Waals surface area contributed by atoms with Gasteiger partial charge in [0, 0.05) is 11.3 Å². The van der Waals surface area contributed by atoms with E-state index >= 15 is 0 Å². The lowest BCUT2D eigenvalue weighted by molar-refractivity contribution is -0.173. The second-order valence-electron chi connectivity index (χ2n) is 11.6. The maximum atomic E-state index is 14.2. The molecule has 2 amide bonds. The van der Waals surface area contributed by atoms with E-state index in [1.165, 1.54) is 18.4 Å². The zero-order valence-electron chi connectivity index (χ0n) is 23.0. The molecule has 0 radical (unpaired) electrons. The Bertz CT molecular complexity index is 1490. The molecule has 3 heterocycles. The number of nitrogens with zero attached hydrogens (tertiary/aromatic N) is 2. The van der Waals surface area contributed by atoms with Crippen LogP contribution in [-0.2, 0) is 12.8 Å². The van der Waals surface area contributed by atoms with Crippen molar-refractivity contribution in [3.8, 4) is 5.75 Å². The van der Waals surface area contributed by atoms with E-state index in [1.807, 2.05) is 0 Å². The number of aromatic nitrogens is 2. The zero-order valence-corrected chi connectivity index (χ0v) is 25.4. The van der Waals surface area contributed by atoms with Crippen LogP contribution in [0.2, 0.25) is 0 Å². The SMILES string of the molecule is COc1ccc([C@H]2C[C@H](C(F)(F)F)n3nc(C(=O)Nc4sc5c(c4C(N)=O)CC[C@@H](C(C)(C)C)C5)c(Br)c3N2)cc1. The molecule has 1 aromatic carbocycles. The van der Waals surface area contributed by atoms with E-state index in [2.05, 4.69) is 52.4 Å². The van der Waals surface area contributed by atoms with Gasteiger partial charge in [0.1, 0.15) is 16.6 Å². The maximum Gasteiger partial charge on any atom is 0.410 e.